The molecule has 60 valence electrons. The molecule has 1 aliphatic rings. The Labute approximate surface area is 69.4 Å². The van der Waals surface area contributed by atoms with Gasteiger partial charge in [-0.1, -0.05) is 24.3 Å². The Morgan fingerprint density at radius 2 is 2.17 bits per heavy atom. The third-order valence-electron chi connectivity index (χ3n) is 1.88. The van der Waals surface area contributed by atoms with Crippen molar-refractivity contribution >= 4 is 11.7 Å². The van der Waals surface area contributed by atoms with Crippen molar-refractivity contribution in [1.29, 1.82) is 0 Å². The van der Waals surface area contributed by atoms with Gasteiger partial charge in [-0.05, 0) is 5.56 Å². The highest BCUT2D eigenvalue weighted by Gasteiger charge is 2.20. The van der Waals surface area contributed by atoms with Crippen molar-refractivity contribution in [1.82, 2.24) is 0 Å². The number of carbonyl (C=O) groups is 1. The summed E-state index contributed by atoms with van der Waals surface area (Å²) in [6, 6.07) is 7.39. The second-order valence-corrected chi connectivity index (χ2v) is 2.63. The van der Waals surface area contributed by atoms with E-state index >= 15 is 0 Å². The molecule has 0 unspecified atom stereocenters. The molecular weight excluding hydrogens is 154 g/mol. The molecule has 0 saturated carbocycles. The summed E-state index contributed by atoms with van der Waals surface area (Å²) in [4.78, 5) is 14.6. The van der Waals surface area contributed by atoms with Gasteiger partial charge < -0.3 is 5.11 Å². The van der Waals surface area contributed by atoms with Crippen LogP contribution in [0.4, 0.5) is 0 Å². The highest BCUT2D eigenvalue weighted by molar-refractivity contribution is 6.43. The maximum absolute atomic E-state index is 10.6. The van der Waals surface area contributed by atoms with E-state index in [0.717, 1.165) is 11.1 Å². The summed E-state index contributed by atoms with van der Waals surface area (Å²) in [5.74, 6) is -0.944. The molecule has 0 fully saturated rings. The topological polar surface area (TPSA) is 49.7 Å². The Balaban J connectivity index is 2.52. The zero-order valence-corrected chi connectivity index (χ0v) is 6.32. The molecule has 1 N–H and O–H groups in total. The molecule has 0 amide bonds. The molecule has 1 aromatic carbocycles. The van der Waals surface area contributed by atoms with Crippen molar-refractivity contribution in [2.24, 2.45) is 4.99 Å². The van der Waals surface area contributed by atoms with Gasteiger partial charge in [-0.25, -0.2) is 4.79 Å². The summed E-state index contributed by atoms with van der Waals surface area (Å²) < 4.78 is 0. The summed E-state index contributed by atoms with van der Waals surface area (Å²) in [7, 11) is 0. The monoisotopic (exact) mass is 161 g/mol. The number of hydrogen-bond acceptors (Lipinski definition) is 2. The van der Waals surface area contributed by atoms with Crippen LogP contribution in [0.2, 0.25) is 0 Å². The molecule has 0 aromatic heterocycles. The van der Waals surface area contributed by atoms with Crippen LogP contribution >= 0.6 is 0 Å². The molecule has 1 heterocycles. The molecular formula is C9H7NO2. The number of hydrogen-bond donors (Lipinski definition) is 1. The number of aliphatic carboxylic acids is 1. The Bertz CT molecular complexity index is 369. The van der Waals surface area contributed by atoms with Gasteiger partial charge in [-0.15, -0.1) is 0 Å². The molecule has 0 saturated heterocycles. The van der Waals surface area contributed by atoms with E-state index in [-0.39, 0.29) is 5.71 Å². The minimum atomic E-state index is -0.944. The summed E-state index contributed by atoms with van der Waals surface area (Å²) in [6.45, 7) is 0.498. The number of aliphatic imine (C=N–C) groups is 1. The van der Waals surface area contributed by atoms with Gasteiger partial charge >= 0.3 is 5.97 Å². The highest BCUT2D eigenvalue weighted by Crippen LogP contribution is 2.17. The van der Waals surface area contributed by atoms with Gasteiger partial charge in [0.05, 0.1) is 6.54 Å². The lowest BCUT2D eigenvalue weighted by molar-refractivity contribution is -0.129. The van der Waals surface area contributed by atoms with E-state index in [2.05, 4.69) is 4.99 Å². The number of rotatable bonds is 1. The molecule has 2 rings (SSSR count). The summed E-state index contributed by atoms with van der Waals surface area (Å²) in [6.07, 6.45) is 0. The van der Waals surface area contributed by atoms with E-state index in [1.807, 2.05) is 18.2 Å². The minimum absolute atomic E-state index is 0.186. The Morgan fingerprint density at radius 1 is 1.42 bits per heavy atom. The predicted octanol–water partition coefficient (Wildman–Crippen LogP) is 1.07. The van der Waals surface area contributed by atoms with E-state index in [4.69, 9.17) is 5.11 Å². The van der Waals surface area contributed by atoms with Gasteiger partial charge in [0.25, 0.3) is 0 Å². The molecule has 1 aliphatic heterocycles. The van der Waals surface area contributed by atoms with Gasteiger partial charge in [0.2, 0.25) is 0 Å². The molecule has 0 atom stereocenters. The van der Waals surface area contributed by atoms with E-state index in [0.29, 0.717) is 6.54 Å². The summed E-state index contributed by atoms with van der Waals surface area (Å²) >= 11 is 0. The van der Waals surface area contributed by atoms with Crippen molar-refractivity contribution in [2.45, 2.75) is 6.54 Å². The maximum Gasteiger partial charge on any atom is 0.354 e. The van der Waals surface area contributed by atoms with Crippen molar-refractivity contribution in [2.75, 3.05) is 0 Å². The number of fused-ring (bicyclic) bond motifs is 1. The SMILES string of the molecule is O=C(O)C1=NCc2ccccc21. The maximum atomic E-state index is 10.6. The average Bonchev–Trinajstić information content (AvgIpc) is 2.47. The normalized spacial score (nSPS) is 13.8. The predicted molar refractivity (Wildman–Crippen MR) is 44.3 cm³/mol. The Hall–Kier alpha value is -1.64. The van der Waals surface area contributed by atoms with Crippen LogP contribution in [-0.2, 0) is 11.3 Å². The van der Waals surface area contributed by atoms with E-state index in [1.165, 1.54) is 0 Å². The van der Waals surface area contributed by atoms with Crippen LogP contribution < -0.4 is 0 Å². The summed E-state index contributed by atoms with van der Waals surface area (Å²) in [5, 5.41) is 8.73. The highest BCUT2D eigenvalue weighted by atomic mass is 16.4. The Kier molecular flexibility index (Phi) is 1.43. The largest absolute Gasteiger partial charge is 0.477 e. The van der Waals surface area contributed by atoms with Gasteiger partial charge in [-0.2, -0.15) is 0 Å². The summed E-state index contributed by atoms with van der Waals surface area (Å²) in [5.41, 5.74) is 1.94. The molecule has 0 aliphatic carbocycles. The van der Waals surface area contributed by atoms with Crippen LogP contribution in [0.3, 0.4) is 0 Å². The quantitative estimate of drug-likeness (QED) is 0.669. The fourth-order valence-electron chi connectivity index (χ4n) is 1.32. The number of benzene rings is 1. The molecule has 0 bridgehead atoms. The standard InChI is InChI=1S/C9H7NO2/c11-9(12)8-7-4-2-1-3-6(7)5-10-8/h1-4H,5H2,(H,11,12). The lowest BCUT2D eigenvalue weighted by atomic mass is 10.1. The molecule has 0 radical (unpaired) electrons. The first-order chi connectivity index (χ1) is 5.79. The van der Waals surface area contributed by atoms with E-state index in [9.17, 15) is 4.79 Å². The second kappa shape index (κ2) is 2.44. The average molecular weight is 161 g/mol. The first-order valence-corrected chi connectivity index (χ1v) is 3.65. The molecule has 3 heteroatoms. The van der Waals surface area contributed by atoms with Crippen molar-refractivity contribution < 1.29 is 9.90 Å². The lowest BCUT2D eigenvalue weighted by Crippen LogP contribution is -2.11. The number of nitrogens with zero attached hydrogens (tertiary/aromatic N) is 1. The first kappa shape index (κ1) is 7.03. The van der Waals surface area contributed by atoms with Crippen LogP contribution in [0.15, 0.2) is 29.3 Å². The van der Waals surface area contributed by atoms with Crippen molar-refractivity contribution in [3.63, 3.8) is 0 Å². The van der Waals surface area contributed by atoms with Crippen molar-refractivity contribution in [3.05, 3.63) is 35.4 Å². The number of carboxylic acids is 1. The van der Waals surface area contributed by atoms with Gasteiger partial charge in [0.15, 0.2) is 5.71 Å². The molecule has 12 heavy (non-hydrogen) atoms. The second-order valence-electron chi connectivity index (χ2n) is 2.63. The fraction of sp³-hybridized carbons (Fsp3) is 0.111. The number of carboxylic acid groups (broad SMARTS) is 1. The third kappa shape index (κ3) is 0.906. The zero-order valence-electron chi connectivity index (χ0n) is 6.32. The van der Waals surface area contributed by atoms with E-state index < -0.39 is 5.97 Å². The van der Waals surface area contributed by atoms with Gasteiger partial charge in [-0.3, -0.25) is 4.99 Å². The Morgan fingerprint density at radius 3 is 2.92 bits per heavy atom. The molecule has 3 nitrogen and oxygen atoms in total. The van der Waals surface area contributed by atoms with Crippen molar-refractivity contribution in [3.8, 4) is 0 Å². The van der Waals surface area contributed by atoms with Crippen LogP contribution in [0, 0.1) is 0 Å². The van der Waals surface area contributed by atoms with Crippen LogP contribution in [0.1, 0.15) is 11.1 Å². The smallest absolute Gasteiger partial charge is 0.354 e. The van der Waals surface area contributed by atoms with Crippen LogP contribution in [-0.4, -0.2) is 16.8 Å². The van der Waals surface area contributed by atoms with Gasteiger partial charge in [0, 0.05) is 5.56 Å². The van der Waals surface area contributed by atoms with E-state index in [1.54, 1.807) is 6.07 Å². The zero-order chi connectivity index (χ0) is 8.55. The molecule has 1 aromatic rings. The minimum Gasteiger partial charge on any atom is -0.477 e. The first-order valence-electron chi connectivity index (χ1n) is 3.65. The lowest BCUT2D eigenvalue weighted by Gasteiger charge is -1.96. The van der Waals surface area contributed by atoms with Crippen LogP contribution in [0.5, 0.6) is 0 Å². The third-order valence-corrected chi connectivity index (χ3v) is 1.88. The van der Waals surface area contributed by atoms with Crippen LogP contribution in [0.25, 0.3) is 0 Å². The van der Waals surface area contributed by atoms with Gasteiger partial charge in [0.1, 0.15) is 0 Å². The fourth-order valence-corrected chi connectivity index (χ4v) is 1.32. The molecule has 0 spiro atoms.